The summed E-state index contributed by atoms with van der Waals surface area (Å²) in [6.07, 6.45) is 3.13. The summed E-state index contributed by atoms with van der Waals surface area (Å²) >= 11 is 1.46. The van der Waals surface area contributed by atoms with Gasteiger partial charge in [0, 0.05) is 18.2 Å². The average Bonchev–Trinajstić information content (AvgIpc) is 3.15. The number of ether oxygens (including phenoxy) is 1. The number of nitrogens with one attached hydrogen (secondary N) is 1. The van der Waals surface area contributed by atoms with Crippen molar-refractivity contribution in [3.8, 4) is 11.1 Å². The lowest BCUT2D eigenvalue weighted by atomic mass is 9.74. The quantitative estimate of drug-likeness (QED) is 0.631. The second-order valence-corrected chi connectivity index (χ2v) is 11.2. The summed E-state index contributed by atoms with van der Waals surface area (Å²) in [4.78, 5) is 39.5. The molecule has 2 aromatic rings. The molecule has 3 aliphatic carbocycles. The zero-order valence-electron chi connectivity index (χ0n) is 19.4. The summed E-state index contributed by atoms with van der Waals surface area (Å²) in [5, 5.41) is 12.4. The minimum atomic E-state index is -0.966. The van der Waals surface area contributed by atoms with E-state index in [1.165, 1.54) is 27.8 Å². The van der Waals surface area contributed by atoms with Crippen molar-refractivity contribution in [3.63, 3.8) is 0 Å². The summed E-state index contributed by atoms with van der Waals surface area (Å²) in [6, 6.07) is 15.6. The zero-order valence-corrected chi connectivity index (χ0v) is 20.2. The number of nitrogens with zero attached hydrogens (tertiary/aromatic N) is 1. The van der Waals surface area contributed by atoms with Crippen molar-refractivity contribution in [3.05, 3.63) is 59.7 Å². The zero-order chi connectivity index (χ0) is 24.2. The van der Waals surface area contributed by atoms with Gasteiger partial charge in [0.25, 0.3) is 0 Å². The Morgan fingerprint density at radius 1 is 1.06 bits per heavy atom. The fourth-order valence-electron chi connectivity index (χ4n) is 6.42. The van der Waals surface area contributed by atoms with Crippen LogP contribution in [0.5, 0.6) is 0 Å². The van der Waals surface area contributed by atoms with E-state index in [4.69, 9.17) is 4.74 Å². The van der Waals surface area contributed by atoms with Gasteiger partial charge in [-0.3, -0.25) is 4.79 Å². The molecule has 2 amide bonds. The van der Waals surface area contributed by atoms with Crippen LogP contribution >= 0.6 is 11.8 Å². The van der Waals surface area contributed by atoms with Crippen LogP contribution < -0.4 is 5.32 Å². The number of hydrogen-bond donors (Lipinski definition) is 2. The maximum atomic E-state index is 13.6. The van der Waals surface area contributed by atoms with E-state index < -0.39 is 23.5 Å². The van der Waals surface area contributed by atoms with E-state index in [2.05, 4.69) is 29.6 Å². The topological polar surface area (TPSA) is 95.9 Å². The lowest BCUT2D eigenvalue weighted by Gasteiger charge is -2.35. The summed E-state index contributed by atoms with van der Waals surface area (Å²) < 4.78 is 5.67. The van der Waals surface area contributed by atoms with E-state index in [0.717, 1.165) is 30.4 Å². The molecule has 2 atom stereocenters. The number of fused-ring (bicyclic) bond motifs is 3. The molecule has 1 heterocycles. The van der Waals surface area contributed by atoms with Gasteiger partial charge in [-0.25, -0.2) is 9.59 Å². The molecule has 2 aromatic carbocycles. The van der Waals surface area contributed by atoms with Crippen molar-refractivity contribution in [1.29, 1.82) is 0 Å². The molecule has 2 N–H and O–H groups in total. The molecule has 0 bridgehead atoms. The standard InChI is InChI=1S/C27H28N2O5S/c30-23(31)22-13-35-16-29(22)24(32)27(14-26(27)10-5-11-26)15-28-25(33)34-12-21-19-8-3-1-6-17(19)18-7-2-4-9-20(18)21/h1-4,6-9,21-22H,5,10-16H2,(H,28,33)(H,30,31)/t22-,27?/m0/s1. The lowest BCUT2D eigenvalue weighted by Crippen LogP contribution is -2.50. The molecule has 182 valence electrons. The first-order valence-electron chi connectivity index (χ1n) is 12.2. The Hall–Kier alpha value is -3.00. The van der Waals surface area contributed by atoms with Gasteiger partial charge in [-0.05, 0) is 46.9 Å². The molecule has 7 nitrogen and oxygen atoms in total. The van der Waals surface area contributed by atoms with E-state index in [9.17, 15) is 19.5 Å². The van der Waals surface area contributed by atoms with Crippen molar-refractivity contribution in [1.82, 2.24) is 10.2 Å². The third kappa shape index (κ3) is 3.44. The van der Waals surface area contributed by atoms with Gasteiger partial charge < -0.3 is 20.1 Å². The van der Waals surface area contributed by atoms with Crippen LogP contribution in [0.3, 0.4) is 0 Å². The predicted octanol–water partition coefficient (Wildman–Crippen LogP) is 4.07. The van der Waals surface area contributed by atoms with Crippen molar-refractivity contribution in [2.24, 2.45) is 10.8 Å². The van der Waals surface area contributed by atoms with Gasteiger partial charge in [-0.2, -0.15) is 0 Å². The Morgan fingerprint density at radius 2 is 1.71 bits per heavy atom. The molecule has 35 heavy (non-hydrogen) atoms. The molecule has 0 aromatic heterocycles. The molecule has 1 spiro atoms. The molecule has 1 unspecified atom stereocenters. The maximum Gasteiger partial charge on any atom is 0.407 e. The highest BCUT2D eigenvalue weighted by molar-refractivity contribution is 7.99. The van der Waals surface area contributed by atoms with Crippen LogP contribution in [0.25, 0.3) is 11.1 Å². The summed E-state index contributed by atoms with van der Waals surface area (Å²) in [7, 11) is 0. The van der Waals surface area contributed by atoms with Crippen molar-refractivity contribution in [2.75, 3.05) is 24.8 Å². The fourth-order valence-corrected chi connectivity index (χ4v) is 7.56. The SMILES string of the molecule is O=C(NCC1(C(=O)N2CSC[C@H]2C(=O)O)CC12CCC2)OCC1c2ccccc2-c2ccccc21. The molecule has 6 rings (SSSR count). The Bertz CT molecular complexity index is 1170. The Balaban J connectivity index is 1.13. The van der Waals surface area contributed by atoms with Crippen LogP contribution in [0.2, 0.25) is 0 Å². The van der Waals surface area contributed by atoms with E-state index >= 15 is 0 Å². The number of carbonyl (C=O) groups is 3. The van der Waals surface area contributed by atoms with Crippen LogP contribution in [-0.2, 0) is 14.3 Å². The van der Waals surface area contributed by atoms with E-state index in [1.54, 1.807) is 0 Å². The highest BCUT2D eigenvalue weighted by Crippen LogP contribution is 2.74. The lowest BCUT2D eigenvalue weighted by molar-refractivity contribution is -0.151. The van der Waals surface area contributed by atoms with Crippen molar-refractivity contribution in [2.45, 2.75) is 37.6 Å². The smallest absolute Gasteiger partial charge is 0.407 e. The molecular formula is C27H28N2O5S. The second-order valence-electron chi connectivity index (χ2n) is 10.2. The number of rotatable bonds is 6. The summed E-state index contributed by atoms with van der Waals surface area (Å²) in [6.45, 7) is 0.409. The minimum absolute atomic E-state index is 0.0272. The monoisotopic (exact) mass is 492 g/mol. The third-order valence-corrected chi connectivity index (χ3v) is 9.57. The van der Waals surface area contributed by atoms with Crippen LogP contribution in [0, 0.1) is 10.8 Å². The first-order chi connectivity index (χ1) is 17.0. The Morgan fingerprint density at radius 3 is 2.29 bits per heavy atom. The number of hydrogen-bond acceptors (Lipinski definition) is 5. The predicted molar refractivity (Wildman–Crippen MR) is 132 cm³/mol. The number of carboxylic acids is 1. The largest absolute Gasteiger partial charge is 0.480 e. The molecule has 8 heteroatoms. The van der Waals surface area contributed by atoms with Crippen LogP contribution in [0.4, 0.5) is 4.79 Å². The highest BCUT2D eigenvalue weighted by Gasteiger charge is 2.74. The number of carbonyl (C=O) groups excluding carboxylic acids is 2. The number of aliphatic carboxylic acids is 1. The summed E-state index contributed by atoms with van der Waals surface area (Å²) in [5.74, 6) is -0.330. The number of benzene rings is 2. The van der Waals surface area contributed by atoms with Gasteiger partial charge in [-0.15, -0.1) is 11.8 Å². The van der Waals surface area contributed by atoms with Crippen LogP contribution in [0.15, 0.2) is 48.5 Å². The summed E-state index contributed by atoms with van der Waals surface area (Å²) in [5.41, 5.74) is 3.82. The number of thioether (sulfide) groups is 1. The van der Waals surface area contributed by atoms with Crippen molar-refractivity contribution < 1.29 is 24.2 Å². The number of alkyl carbamates (subject to hydrolysis) is 1. The van der Waals surface area contributed by atoms with Crippen molar-refractivity contribution >= 4 is 29.7 Å². The average molecular weight is 493 g/mol. The molecule has 2 saturated carbocycles. The Labute approximate surface area is 208 Å². The van der Waals surface area contributed by atoms with E-state index in [1.807, 2.05) is 24.3 Å². The second kappa shape index (κ2) is 8.29. The van der Waals surface area contributed by atoms with Gasteiger partial charge in [0.15, 0.2) is 0 Å². The fraction of sp³-hybridized carbons (Fsp3) is 0.444. The molecular weight excluding hydrogens is 464 g/mol. The molecule has 1 aliphatic heterocycles. The van der Waals surface area contributed by atoms with E-state index in [0.29, 0.717) is 18.1 Å². The molecule has 4 aliphatic rings. The molecule has 3 fully saturated rings. The van der Waals surface area contributed by atoms with Gasteiger partial charge in [-0.1, -0.05) is 55.0 Å². The Kier molecular flexibility index (Phi) is 5.32. The molecule has 1 saturated heterocycles. The molecule has 0 radical (unpaired) electrons. The van der Waals surface area contributed by atoms with Gasteiger partial charge in [0.1, 0.15) is 12.6 Å². The maximum absolute atomic E-state index is 13.6. The first-order valence-corrected chi connectivity index (χ1v) is 13.3. The first kappa shape index (κ1) is 22.5. The third-order valence-electron chi connectivity index (χ3n) is 8.56. The van der Waals surface area contributed by atoms with Gasteiger partial charge in [0.2, 0.25) is 5.91 Å². The van der Waals surface area contributed by atoms with Gasteiger partial charge in [0.05, 0.1) is 11.3 Å². The van der Waals surface area contributed by atoms with E-state index in [-0.39, 0.29) is 30.4 Å². The van der Waals surface area contributed by atoms with Crippen LogP contribution in [0.1, 0.15) is 42.7 Å². The number of carboxylic acid groups (broad SMARTS) is 1. The number of amides is 2. The highest BCUT2D eigenvalue weighted by atomic mass is 32.2. The normalized spacial score (nSPS) is 25.5. The minimum Gasteiger partial charge on any atom is -0.480 e. The van der Waals surface area contributed by atoms with Gasteiger partial charge >= 0.3 is 12.1 Å². The van der Waals surface area contributed by atoms with Crippen LogP contribution in [-0.4, -0.2) is 58.8 Å².